The molecule has 2 heterocycles. The molecular weight excluding hydrogens is 270 g/mol. The molecule has 1 aliphatic rings. The summed E-state index contributed by atoms with van der Waals surface area (Å²) in [5, 5.41) is 13.4. The first-order valence-electron chi connectivity index (χ1n) is 6.82. The molecule has 4 heteroatoms. The van der Waals surface area contributed by atoms with Crippen LogP contribution >= 0.6 is 11.3 Å². The fraction of sp³-hybridized carbons (Fsp3) is 0.312. The van der Waals surface area contributed by atoms with Crippen molar-refractivity contribution in [1.29, 1.82) is 0 Å². The Kier molecular flexibility index (Phi) is 3.85. The summed E-state index contributed by atoms with van der Waals surface area (Å²) in [6, 6.07) is 9.94. The fourth-order valence-corrected chi connectivity index (χ4v) is 3.60. The van der Waals surface area contributed by atoms with Crippen LogP contribution in [-0.4, -0.2) is 22.5 Å². The van der Waals surface area contributed by atoms with Crippen LogP contribution in [-0.2, 0) is 6.54 Å². The van der Waals surface area contributed by atoms with E-state index in [2.05, 4.69) is 21.7 Å². The van der Waals surface area contributed by atoms with Gasteiger partial charge >= 0.3 is 5.97 Å². The minimum atomic E-state index is -0.859. The zero-order valence-corrected chi connectivity index (χ0v) is 12.0. The van der Waals surface area contributed by atoms with Crippen LogP contribution in [0.25, 0.3) is 0 Å². The zero-order valence-electron chi connectivity index (χ0n) is 11.2. The number of thiophene rings is 1. The van der Waals surface area contributed by atoms with E-state index < -0.39 is 5.97 Å². The lowest BCUT2D eigenvalue weighted by Crippen LogP contribution is -2.22. The summed E-state index contributed by atoms with van der Waals surface area (Å²) in [5.41, 5.74) is 2.84. The molecule has 0 bridgehead atoms. The summed E-state index contributed by atoms with van der Waals surface area (Å²) in [5.74, 6) is -0.859. The average Bonchev–Trinajstić information content (AvgIpc) is 3.09. The first-order chi connectivity index (χ1) is 9.74. The third-order valence-corrected chi connectivity index (χ3v) is 4.55. The number of aromatic carboxylic acids is 1. The van der Waals surface area contributed by atoms with Crippen LogP contribution in [0.1, 0.15) is 40.4 Å². The Labute approximate surface area is 122 Å². The van der Waals surface area contributed by atoms with E-state index in [-0.39, 0.29) is 0 Å². The van der Waals surface area contributed by atoms with E-state index in [1.54, 1.807) is 23.5 Å². The number of carboxylic acids is 1. The topological polar surface area (TPSA) is 40.5 Å². The number of likely N-dealkylation sites (tertiary alicyclic amines) is 1. The molecule has 1 unspecified atom stereocenters. The van der Waals surface area contributed by atoms with Crippen molar-refractivity contribution in [1.82, 2.24) is 4.90 Å². The van der Waals surface area contributed by atoms with Gasteiger partial charge in [-0.15, -0.1) is 0 Å². The molecule has 20 heavy (non-hydrogen) atoms. The molecule has 2 aromatic rings. The van der Waals surface area contributed by atoms with Crippen molar-refractivity contribution < 1.29 is 9.90 Å². The summed E-state index contributed by atoms with van der Waals surface area (Å²) < 4.78 is 0. The van der Waals surface area contributed by atoms with Crippen LogP contribution in [0.3, 0.4) is 0 Å². The first kappa shape index (κ1) is 13.3. The predicted molar refractivity (Wildman–Crippen MR) is 80.1 cm³/mol. The summed E-state index contributed by atoms with van der Waals surface area (Å²) in [6.45, 7) is 1.90. The van der Waals surface area contributed by atoms with Gasteiger partial charge in [-0.2, -0.15) is 11.3 Å². The Bertz CT molecular complexity index is 594. The van der Waals surface area contributed by atoms with Crippen LogP contribution in [0.4, 0.5) is 0 Å². The smallest absolute Gasteiger partial charge is 0.335 e. The van der Waals surface area contributed by atoms with Gasteiger partial charge < -0.3 is 5.11 Å². The second-order valence-corrected chi connectivity index (χ2v) is 5.97. The highest BCUT2D eigenvalue weighted by Crippen LogP contribution is 2.34. The Morgan fingerprint density at radius 2 is 2.30 bits per heavy atom. The van der Waals surface area contributed by atoms with Gasteiger partial charge in [-0.3, -0.25) is 4.90 Å². The lowest BCUT2D eigenvalue weighted by atomic mass is 10.1. The van der Waals surface area contributed by atoms with Gasteiger partial charge in [-0.25, -0.2) is 4.79 Å². The van der Waals surface area contributed by atoms with E-state index in [0.717, 1.165) is 18.7 Å². The summed E-state index contributed by atoms with van der Waals surface area (Å²) >= 11 is 1.74. The Morgan fingerprint density at radius 1 is 1.40 bits per heavy atom. The van der Waals surface area contributed by atoms with Gasteiger partial charge in [0.2, 0.25) is 0 Å². The standard InChI is InChI=1S/C16H17NO2S/c18-16(19)13-4-1-3-12(9-13)10-17-7-2-5-15(17)14-6-8-20-11-14/h1,3-4,6,8-9,11,15H,2,5,7,10H2,(H,18,19). The molecule has 1 saturated heterocycles. The third kappa shape index (κ3) is 2.76. The van der Waals surface area contributed by atoms with E-state index >= 15 is 0 Å². The van der Waals surface area contributed by atoms with E-state index in [1.807, 2.05) is 12.1 Å². The highest BCUT2D eigenvalue weighted by molar-refractivity contribution is 7.07. The molecule has 104 valence electrons. The van der Waals surface area contributed by atoms with Crippen molar-refractivity contribution in [3.05, 3.63) is 57.8 Å². The molecule has 3 rings (SSSR count). The zero-order chi connectivity index (χ0) is 13.9. The maximum atomic E-state index is 11.0. The second-order valence-electron chi connectivity index (χ2n) is 5.19. The van der Waals surface area contributed by atoms with Gasteiger partial charge in [0.15, 0.2) is 0 Å². The molecule has 1 aromatic carbocycles. The fourth-order valence-electron chi connectivity index (χ4n) is 2.89. The lowest BCUT2D eigenvalue weighted by molar-refractivity contribution is 0.0696. The van der Waals surface area contributed by atoms with Gasteiger partial charge in [0, 0.05) is 12.6 Å². The Balaban J connectivity index is 1.77. The third-order valence-electron chi connectivity index (χ3n) is 3.85. The van der Waals surface area contributed by atoms with Gasteiger partial charge in [0.1, 0.15) is 0 Å². The van der Waals surface area contributed by atoms with Crippen molar-refractivity contribution in [3.63, 3.8) is 0 Å². The quantitative estimate of drug-likeness (QED) is 0.930. The number of hydrogen-bond acceptors (Lipinski definition) is 3. The van der Waals surface area contributed by atoms with Crippen molar-refractivity contribution >= 4 is 17.3 Å². The monoisotopic (exact) mass is 287 g/mol. The molecule has 3 nitrogen and oxygen atoms in total. The lowest BCUT2D eigenvalue weighted by Gasteiger charge is -2.24. The van der Waals surface area contributed by atoms with Crippen molar-refractivity contribution in [2.24, 2.45) is 0 Å². The molecular formula is C16H17NO2S. The molecule has 1 N–H and O–H groups in total. The van der Waals surface area contributed by atoms with Crippen LogP contribution in [0.15, 0.2) is 41.1 Å². The highest BCUT2D eigenvalue weighted by atomic mass is 32.1. The molecule has 1 fully saturated rings. The van der Waals surface area contributed by atoms with Crippen LogP contribution in [0.5, 0.6) is 0 Å². The average molecular weight is 287 g/mol. The molecule has 1 aromatic heterocycles. The van der Waals surface area contributed by atoms with Crippen molar-refractivity contribution in [3.8, 4) is 0 Å². The van der Waals surface area contributed by atoms with E-state index in [9.17, 15) is 4.79 Å². The normalized spacial score (nSPS) is 19.3. The van der Waals surface area contributed by atoms with E-state index in [4.69, 9.17) is 5.11 Å². The van der Waals surface area contributed by atoms with Gasteiger partial charge in [0.05, 0.1) is 5.56 Å². The molecule has 0 spiro atoms. The van der Waals surface area contributed by atoms with Gasteiger partial charge in [-0.05, 0) is 59.5 Å². The maximum absolute atomic E-state index is 11.0. The van der Waals surface area contributed by atoms with Crippen molar-refractivity contribution in [2.75, 3.05) is 6.54 Å². The second kappa shape index (κ2) is 5.77. The number of carbonyl (C=O) groups is 1. The largest absolute Gasteiger partial charge is 0.478 e. The first-order valence-corrected chi connectivity index (χ1v) is 7.77. The Morgan fingerprint density at radius 3 is 3.05 bits per heavy atom. The molecule has 0 radical (unpaired) electrons. The predicted octanol–water partition coefficient (Wildman–Crippen LogP) is 3.78. The van der Waals surface area contributed by atoms with Crippen LogP contribution in [0.2, 0.25) is 0 Å². The summed E-state index contributed by atoms with van der Waals surface area (Å²) in [7, 11) is 0. The molecule has 1 aliphatic heterocycles. The summed E-state index contributed by atoms with van der Waals surface area (Å²) in [6.07, 6.45) is 2.40. The number of carboxylic acid groups (broad SMARTS) is 1. The number of rotatable bonds is 4. The van der Waals surface area contributed by atoms with Crippen molar-refractivity contribution in [2.45, 2.75) is 25.4 Å². The molecule has 0 amide bonds. The maximum Gasteiger partial charge on any atom is 0.335 e. The van der Waals surface area contributed by atoms with Crippen LogP contribution in [0, 0.1) is 0 Å². The minimum absolute atomic E-state index is 0.369. The number of nitrogens with zero attached hydrogens (tertiary/aromatic N) is 1. The number of hydrogen-bond donors (Lipinski definition) is 1. The SMILES string of the molecule is O=C(O)c1cccc(CN2CCCC2c2ccsc2)c1. The Hall–Kier alpha value is -1.65. The minimum Gasteiger partial charge on any atom is -0.478 e. The number of benzene rings is 1. The molecule has 0 aliphatic carbocycles. The van der Waals surface area contributed by atoms with Crippen LogP contribution < -0.4 is 0 Å². The van der Waals surface area contributed by atoms with Gasteiger partial charge in [0.25, 0.3) is 0 Å². The van der Waals surface area contributed by atoms with E-state index in [1.165, 1.54) is 18.4 Å². The molecule has 0 saturated carbocycles. The highest BCUT2D eigenvalue weighted by Gasteiger charge is 2.26. The van der Waals surface area contributed by atoms with E-state index in [0.29, 0.717) is 11.6 Å². The van der Waals surface area contributed by atoms with Gasteiger partial charge in [-0.1, -0.05) is 12.1 Å². The molecule has 1 atom stereocenters. The summed E-state index contributed by atoms with van der Waals surface area (Å²) in [4.78, 5) is 13.5.